The van der Waals surface area contributed by atoms with Gasteiger partial charge in [-0.15, -0.1) is 0 Å². The van der Waals surface area contributed by atoms with Gasteiger partial charge in [-0.05, 0) is 35.9 Å². The molecule has 2 rings (SSSR count). The zero-order valence-electron chi connectivity index (χ0n) is 10.8. The van der Waals surface area contributed by atoms with Crippen molar-refractivity contribution in [3.63, 3.8) is 0 Å². The minimum atomic E-state index is -1.20. The van der Waals surface area contributed by atoms with Gasteiger partial charge in [0.2, 0.25) is 5.91 Å². The zero-order chi connectivity index (χ0) is 15.4. The molecule has 0 aliphatic heterocycles. The van der Waals surface area contributed by atoms with E-state index in [0.29, 0.717) is 5.56 Å². The van der Waals surface area contributed by atoms with Gasteiger partial charge in [-0.3, -0.25) is 4.79 Å². The highest BCUT2D eigenvalue weighted by Crippen LogP contribution is 2.17. The molecule has 0 aliphatic carbocycles. The van der Waals surface area contributed by atoms with Crippen molar-refractivity contribution in [3.05, 3.63) is 59.4 Å². The highest BCUT2D eigenvalue weighted by Gasteiger charge is 2.11. The predicted octanol–water partition coefficient (Wildman–Crippen LogP) is 2.41. The van der Waals surface area contributed by atoms with E-state index in [1.54, 1.807) is 12.1 Å². The Morgan fingerprint density at radius 1 is 1.10 bits per heavy atom. The molecule has 6 heteroatoms. The number of hydrogen-bond donors (Lipinski definition) is 3. The summed E-state index contributed by atoms with van der Waals surface area (Å²) in [6.07, 6.45) is -0.0168. The molecule has 0 saturated carbocycles. The number of carbonyl (C=O) groups excluding carboxylic acids is 1. The highest BCUT2D eigenvalue weighted by molar-refractivity contribution is 5.95. The number of aromatic carboxylic acids is 1. The van der Waals surface area contributed by atoms with Crippen molar-refractivity contribution < 1.29 is 24.2 Å². The van der Waals surface area contributed by atoms with Crippen LogP contribution in [0.15, 0.2) is 42.5 Å². The lowest BCUT2D eigenvalue weighted by molar-refractivity contribution is -0.115. The van der Waals surface area contributed by atoms with Crippen molar-refractivity contribution >= 4 is 17.6 Å². The third kappa shape index (κ3) is 3.79. The fourth-order valence-electron chi connectivity index (χ4n) is 1.75. The molecule has 0 aromatic heterocycles. The molecule has 108 valence electrons. The van der Waals surface area contributed by atoms with Crippen LogP contribution in [0.25, 0.3) is 0 Å². The molecule has 1 amide bonds. The van der Waals surface area contributed by atoms with E-state index in [-0.39, 0.29) is 23.4 Å². The number of amides is 1. The van der Waals surface area contributed by atoms with E-state index in [0.717, 1.165) is 18.2 Å². The van der Waals surface area contributed by atoms with Gasteiger partial charge in [0.1, 0.15) is 11.6 Å². The maximum Gasteiger partial charge on any atom is 0.335 e. The average Bonchev–Trinajstić information content (AvgIpc) is 2.43. The van der Waals surface area contributed by atoms with Gasteiger partial charge in [0.15, 0.2) is 0 Å². The van der Waals surface area contributed by atoms with Crippen LogP contribution >= 0.6 is 0 Å². The van der Waals surface area contributed by atoms with Crippen molar-refractivity contribution in [1.82, 2.24) is 0 Å². The number of aromatic hydroxyl groups is 1. The number of hydrogen-bond acceptors (Lipinski definition) is 3. The zero-order valence-corrected chi connectivity index (χ0v) is 10.8. The Kier molecular flexibility index (Phi) is 4.18. The Morgan fingerprint density at radius 2 is 1.76 bits per heavy atom. The summed E-state index contributed by atoms with van der Waals surface area (Å²) < 4.78 is 13.5. The highest BCUT2D eigenvalue weighted by atomic mass is 19.1. The standard InChI is InChI=1S/C15H12FNO4/c16-12-6-3-10(15(20)21)8-13(12)17-14(19)7-9-1-4-11(18)5-2-9/h1-6,8,18H,7H2,(H,17,19)(H,20,21). The SMILES string of the molecule is O=C(Cc1ccc(O)cc1)Nc1cc(C(=O)O)ccc1F. The molecular formula is C15H12FNO4. The summed E-state index contributed by atoms with van der Waals surface area (Å²) in [5.41, 5.74) is 0.343. The van der Waals surface area contributed by atoms with E-state index >= 15 is 0 Å². The van der Waals surface area contributed by atoms with Crippen molar-refractivity contribution in [2.45, 2.75) is 6.42 Å². The van der Waals surface area contributed by atoms with E-state index in [1.807, 2.05) is 0 Å². The van der Waals surface area contributed by atoms with Crippen molar-refractivity contribution in [1.29, 1.82) is 0 Å². The number of halogens is 1. The number of phenols is 1. The number of carboxylic acid groups (broad SMARTS) is 1. The summed E-state index contributed by atoms with van der Waals surface area (Å²) in [6, 6.07) is 9.18. The first-order chi connectivity index (χ1) is 9.95. The third-order valence-electron chi connectivity index (χ3n) is 2.79. The summed E-state index contributed by atoms with van der Waals surface area (Å²) in [5.74, 6) is -2.32. The predicted molar refractivity (Wildman–Crippen MR) is 73.8 cm³/mol. The summed E-state index contributed by atoms with van der Waals surface area (Å²) in [6.45, 7) is 0. The number of carboxylic acids is 1. The molecule has 0 aliphatic rings. The molecule has 0 heterocycles. The summed E-state index contributed by atoms with van der Waals surface area (Å²) in [4.78, 5) is 22.6. The van der Waals surface area contributed by atoms with Crippen LogP contribution in [0.3, 0.4) is 0 Å². The molecule has 3 N–H and O–H groups in total. The molecule has 0 saturated heterocycles. The minimum Gasteiger partial charge on any atom is -0.508 e. The van der Waals surface area contributed by atoms with Crippen LogP contribution in [0.4, 0.5) is 10.1 Å². The third-order valence-corrected chi connectivity index (χ3v) is 2.79. The van der Waals surface area contributed by atoms with Crippen LogP contribution in [-0.4, -0.2) is 22.1 Å². The van der Waals surface area contributed by atoms with Crippen LogP contribution in [0.2, 0.25) is 0 Å². The van der Waals surface area contributed by atoms with Crippen LogP contribution in [-0.2, 0) is 11.2 Å². The first-order valence-corrected chi connectivity index (χ1v) is 6.06. The van der Waals surface area contributed by atoms with E-state index in [1.165, 1.54) is 12.1 Å². The topological polar surface area (TPSA) is 86.6 Å². The Morgan fingerprint density at radius 3 is 2.38 bits per heavy atom. The van der Waals surface area contributed by atoms with Gasteiger partial charge >= 0.3 is 5.97 Å². The smallest absolute Gasteiger partial charge is 0.335 e. The summed E-state index contributed by atoms with van der Waals surface area (Å²) >= 11 is 0. The lowest BCUT2D eigenvalue weighted by atomic mass is 10.1. The molecule has 2 aromatic rings. The Balaban J connectivity index is 2.10. The normalized spacial score (nSPS) is 10.1. The molecular weight excluding hydrogens is 277 g/mol. The largest absolute Gasteiger partial charge is 0.508 e. The molecule has 0 atom stereocenters. The fourth-order valence-corrected chi connectivity index (χ4v) is 1.75. The van der Waals surface area contributed by atoms with Crippen LogP contribution < -0.4 is 5.32 Å². The lowest BCUT2D eigenvalue weighted by Gasteiger charge is -2.07. The molecule has 2 aromatic carbocycles. The van der Waals surface area contributed by atoms with Gasteiger partial charge in [0, 0.05) is 0 Å². The first kappa shape index (κ1) is 14.5. The van der Waals surface area contributed by atoms with Crippen molar-refractivity contribution in [3.8, 4) is 5.75 Å². The number of rotatable bonds is 4. The number of nitrogens with one attached hydrogen (secondary N) is 1. The van der Waals surface area contributed by atoms with E-state index in [9.17, 15) is 14.0 Å². The Bertz CT molecular complexity index is 683. The Hall–Kier alpha value is -2.89. The van der Waals surface area contributed by atoms with Crippen LogP contribution in [0.1, 0.15) is 15.9 Å². The van der Waals surface area contributed by atoms with Gasteiger partial charge in [-0.2, -0.15) is 0 Å². The van der Waals surface area contributed by atoms with E-state index in [4.69, 9.17) is 10.2 Å². The maximum absolute atomic E-state index is 13.5. The Labute approximate surface area is 119 Å². The van der Waals surface area contributed by atoms with Gasteiger partial charge in [-0.1, -0.05) is 12.1 Å². The molecule has 5 nitrogen and oxygen atoms in total. The average molecular weight is 289 g/mol. The lowest BCUT2D eigenvalue weighted by Crippen LogP contribution is -2.15. The first-order valence-electron chi connectivity index (χ1n) is 6.06. The molecule has 0 fully saturated rings. The number of phenolic OH excluding ortho intramolecular Hbond substituents is 1. The molecule has 0 bridgehead atoms. The van der Waals surface area contributed by atoms with Crippen molar-refractivity contribution in [2.24, 2.45) is 0 Å². The molecule has 0 spiro atoms. The fraction of sp³-hybridized carbons (Fsp3) is 0.0667. The summed E-state index contributed by atoms with van der Waals surface area (Å²) in [7, 11) is 0. The van der Waals surface area contributed by atoms with Gasteiger partial charge in [0.25, 0.3) is 0 Å². The minimum absolute atomic E-state index is 0.0168. The molecule has 0 radical (unpaired) electrons. The van der Waals surface area contributed by atoms with Gasteiger partial charge < -0.3 is 15.5 Å². The second-order valence-electron chi connectivity index (χ2n) is 4.39. The molecule has 21 heavy (non-hydrogen) atoms. The van der Waals surface area contributed by atoms with E-state index < -0.39 is 17.7 Å². The van der Waals surface area contributed by atoms with Gasteiger partial charge in [-0.25, -0.2) is 9.18 Å². The maximum atomic E-state index is 13.5. The van der Waals surface area contributed by atoms with Crippen LogP contribution in [0.5, 0.6) is 5.75 Å². The second kappa shape index (κ2) is 6.04. The molecule has 0 unspecified atom stereocenters. The van der Waals surface area contributed by atoms with Crippen LogP contribution in [0, 0.1) is 5.82 Å². The number of benzene rings is 2. The second-order valence-corrected chi connectivity index (χ2v) is 4.39. The summed E-state index contributed by atoms with van der Waals surface area (Å²) in [5, 5.41) is 20.3. The monoisotopic (exact) mass is 289 g/mol. The van der Waals surface area contributed by atoms with Crippen molar-refractivity contribution in [2.75, 3.05) is 5.32 Å². The quantitative estimate of drug-likeness (QED) is 0.806. The number of anilines is 1. The number of carbonyl (C=O) groups is 2. The van der Waals surface area contributed by atoms with E-state index in [2.05, 4.69) is 5.32 Å². The van der Waals surface area contributed by atoms with Gasteiger partial charge in [0.05, 0.1) is 17.7 Å².